The van der Waals surface area contributed by atoms with Crippen molar-refractivity contribution in [2.45, 2.75) is 54.8 Å². The zero-order valence-electron chi connectivity index (χ0n) is 18.0. The molecule has 162 valence electrons. The molecular formula is C21H25N7OS2. The number of hydrogen-bond acceptors (Lipinski definition) is 7. The van der Waals surface area contributed by atoms with Crippen molar-refractivity contribution >= 4 is 35.2 Å². The minimum absolute atomic E-state index is 0.186. The molecule has 0 spiro atoms. The highest BCUT2D eigenvalue weighted by atomic mass is 32.2. The summed E-state index contributed by atoms with van der Waals surface area (Å²) in [5.74, 6) is 1.80. The van der Waals surface area contributed by atoms with Crippen LogP contribution >= 0.6 is 23.5 Å². The maximum absolute atomic E-state index is 12.9. The van der Waals surface area contributed by atoms with Crippen LogP contribution in [0.1, 0.15) is 37.2 Å². The van der Waals surface area contributed by atoms with Gasteiger partial charge in [-0.15, -0.1) is 22.0 Å². The molecule has 2 heterocycles. The van der Waals surface area contributed by atoms with Gasteiger partial charge in [0.2, 0.25) is 5.91 Å². The first-order valence-electron chi connectivity index (χ1n) is 9.97. The van der Waals surface area contributed by atoms with E-state index >= 15 is 0 Å². The van der Waals surface area contributed by atoms with Crippen LogP contribution in [0, 0.1) is 18.3 Å². The molecule has 1 unspecified atom stereocenters. The lowest BCUT2D eigenvalue weighted by molar-refractivity contribution is -0.115. The van der Waals surface area contributed by atoms with Crippen LogP contribution in [0.5, 0.6) is 0 Å². The van der Waals surface area contributed by atoms with E-state index in [9.17, 15) is 10.1 Å². The van der Waals surface area contributed by atoms with Gasteiger partial charge in [-0.3, -0.25) is 9.48 Å². The van der Waals surface area contributed by atoms with Crippen molar-refractivity contribution in [2.75, 3.05) is 5.32 Å². The van der Waals surface area contributed by atoms with E-state index in [1.165, 1.54) is 33.1 Å². The second-order valence-corrected chi connectivity index (χ2v) is 9.11. The molecule has 0 fully saturated rings. The van der Waals surface area contributed by atoms with Crippen LogP contribution in [0.4, 0.5) is 5.82 Å². The summed E-state index contributed by atoms with van der Waals surface area (Å²) >= 11 is 3.10. The lowest BCUT2D eigenvalue weighted by atomic mass is 10.2. The number of nitriles is 1. The quantitative estimate of drug-likeness (QED) is 0.486. The number of carbonyl (C=O) groups excluding carboxylic acids is 1. The summed E-state index contributed by atoms with van der Waals surface area (Å²) in [5.41, 5.74) is 1.57. The van der Waals surface area contributed by atoms with Gasteiger partial charge in [0.15, 0.2) is 5.16 Å². The minimum Gasteiger partial charge on any atom is -0.309 e. The Bertz CT molecular complexity index is 1080. The number of nitrogens with zero attached hydrogens (tertiary/aromatic N) is 6. The predicted octanol–water partition coefficient (Wildman–Crippen LogP) is 4.01. The highest BCUT2D eigenvalue weighted by molar-refractivity contribution is 8.00. The summed E-state index contributed by atoms with van der Waals surface area (Å²) in [7, 11) is 1.69. The molecule has 3 aromatic rings. The van der Waals surface area contributed by atoms with E-state index in [0.717, 1.165) is 17.5 Å². The van der Waals surface area contributed by atoms with Gasteiger partial charge in [0.25, 0.3) is 0 Å². The third kappa shape index (κ3) is 5.48. The van der Waals surface area contributed by atoms with Crippen LogP contribution in [0.2, 0.25) is 0 Å². The van der Waals surface area contributed by atoms with E-state index in [2.05, 4.69) is 51.8 Å². The Hall–Kier alpha value is -2.77. The molecule has 0 bridgehead atoms. The molecule has 10 heteroatoms. The number of rotatable bonds is 9. The van der Waals surface area contributed by atoms with Crippen LogP contribution in [0.25, 0.3) is 0 Å². The fourth-order valence-corrected chi connectivity index (χ4v) is 4.80. The van der Waals surface area contributed by atoms with E-state index in [4.69, 9.17) is 0 Å². The Kier molecular flexibility index (Phi) is 7.76. The topological polar surface area (TPSA) is 101 Å². The standard InChI is InChI=1S/C21H25N7OS2/c1-5-17(20(29)24-19-15(11-22)12-23-27(19)4)31-21-26-25-18(28(21)6-2)13-30-16-9-7-14(3)8-10-16/h7-10,12,17H,5-6,13H2,1-4H3,(H,24,29). The van der Waals surface area contributed by atoms with Gasteiger partial charge in [-0.25, -0.2) is 0 Å². The maximum atomic E-state index is 12.9. The number of anilines is 1. The highest BCUT2D eigenvalue weighted by Gasteiger charge is 2.24. The summed E-state index contributed by atoms with van der Waals surface area (Å²) in [5, 5.41) is 25.1. The van der Waals surface area contributed by atoms with Crippen molar-refractivity contribution < 1.29 is 4.79 Å². The first kappa shape index (κ1) is 22.9. The molecule has 0 saturated heterocycles. The van der Waals surface area contributed by atoms with Gasteiger partial charge in [-0.05, 0) is 32.4 Å². The molecule has 3 rings (SSSR count). The fraction of sp³-hybridized carbons (Fsp3) is 0.381. The zero-order chi connectivity index (χ0) is 22.4. The Morgan fingerprint density at radius 3 is 2.65 bits per heavy atom. The fourth-order valence-electron chi connectivity index (χ4n) is 2.93. The Morgan fingerprint density at radius 1 is 1.26 bits per heavy atom. The van der Waals surface area contributed by atoms with Gasteiger partial charge in [0.1, 0.15) is 23.3 Å². The van der Waals surface area contributed by atoms with Gasteiger partial charge in [0.05, 0.1) is 17.2 Å². The Labute approximate surface area is 190 Å². The van der Waals surface area contributed by atoms with Gasteiger partial charge in [0, 0.05) is 18.5 Å². The first-order chi connectivity index (χ1) is 15.0. The van der Waals surface area contributed by atoms with Crippen molar-refractivity contribution in [3.05, 3.63) is 47.4 Å². The van der Waals surface area contributed by atoms with Crippen molar-refractivity contribution in [1.82, 2.24) is 24.5 Å². The highest BCUT2D eigenvalue weighted by Crippen LogP contribution is 2.29. The number of hydrogen-bond donors (Lipinski definition) is 1. The number of aromatic nitrogens is 5. The van der Waals surface area contributed by atoms with Crippen LogP contribution in [0.3, 0.4) is 0 Å². The summed E-state index contributed by atoms with van der Waals surface area (Å²) in [4.78, 5) is 14.0. The summed E-state index contributed by atoms with van der Waals surface area (Å²) < 4.78 is 3.54. The molecule has 1 N–H and O–H groups in total. The number of nitrogens with one attached hydrogen (secondary N) is 1. The molecule has 0 aliphatic heterocycles. The number of benzene rings is 1. The van der Waals surface area contributed by atoms with E-state index in [0.29, 0.717) is 23.6 Å². The van der Waals surface area contributed by atoms with E-state index < -0.39 is 0 Å². The molecule has 31 heavy (non-hydrogen) atoms. The van der Waals surface area contributed by atoms with Crippen LogP contribution < -0.4 is 5.32 Å². The second-order valence-electron chi connectivity index (χ2n) is 6.89. The molecule has 1 aromatic carbocycles. The number of aryl methyl sites for hydroxylation is 2. The summed E-state index contributed by atoms with van der Waals surface area (Å²) in [6.07, 6.45) is 2.05. The lowest BCUT2D eigenvalue weighted by Crippen LogP contribution is -2.26. The molecule has 0 aliphatic carbocycles. The average Bonchev–Trinajstić information content (AvgIpc) is 3.33. The number of carbonyl (C=O) groups is 1. The van der Waals surface area contributed by atoms with Crippen molar-refractivity contribution in [3.63, 3.8) is 0 Å². The van der Waals surface area contributed by atoms with E-state index in [-0.39, 0.29) is 11.2 Å². The maximum Gasteiger partial charge on any atom is 0.239 e. The molecule has 0 radical (unpaired) electrons. The van der Waals surface area contributed by atoms with Gasteiger partial charge in [-0.2, -0.15) is 10.4 Å². The molecular weight excluding hydrogens is 430 g/mol. The smallest absolute Gasteiger partial charge is 0.239 e. The first-order valence-corrected chi connectivity index (χ1v) is 11.8. The van der Waals surface area contributed by atoms with Crippen molar-refractivity contribution in [3.8, 4) is 6.07 Å². The zero-order valence-corrected chi connectivity index (χ0v) is 19.6. The van der Waals surface area contributed by atoms with Crippen LogP contribution in [0.15, 0.2) is 40.5 Å². The molecule has 8 nitrogen and oxygen atoms in total. The lowest BCUT2D eigenvalue weighted by Gasteiger charge is -2.15. The summed E-state index contributed by atoms with van der Waals surface area (Å²) in [6.45, 7) is 6.79. The minimum atomic E-state index is -0.367. The van der Waals surface area contributed by atoms with E-state index in [1.54, 1.807) is 18.8 Å². The third-order valence-electron chi connectivity index (χ3n) is 4.71. The average molecular weight is 456 g/mol. The van der Waals surface area contributed by atoms with Crippen molar-refractivity contribution in [1.29, 1.82) is 5.26 Å². The molecule has 0 aliphatic rings. The Balaban J connectivity index is 1.70. The van der Waals surface area contributed by atoms with Gasteiger partial charge in [-0.1, -0.05) is 36.4 Å². The molecule has 1 amide bonds. The predicted molar refractivity (Wildman–Crippen MR) is 123 cm³/mol. The third-order valence-corrected chi connectivity index (χ3v) is 7.06. The summed E-state index contributed by atoms with van der Waals surface area (Å²) in [6, 6.07) is 10.4. The SMILES string of the molecule is CCC(Sc1nnc(CSc2ccc(C)cc2)n1CC)C(=O)Nc1c(C#N)cnn1C. The van der Waals surface area contributed by atoms with Crippen molar-refractivity contribution in [2.24, 2.45) is 7.05 Å². The molecule has 0 saturated carbocycles. The normalized spacial score (nSPS) is 11.8. The van der Waals surface area contributed by atoms with Crippen LogP contribution in [-0.2, 0) is 24.1 Å². The monoisotopic (exact) mass is 455 g/mol. The number of amides is 1. The second kappa shape index (κ2) is 10.5. The molecule has 2 aromatic heterocycles. The molecule has 1 atom stereocenters. The van der Waals surface area contributed by atoms with Gasteiger partial charge < -0.3 is 9.88 Å². The van der Waals surface area contributed by atoms with Crippen LogP contribution in [-0.4, -0.2) is 35.7 Å². The van der Waals surface area contributed by atoms with E-state index in [1.807, 2.05) is 24.5 Å². The Morgan fingerprint density at radius 2 is 2.00 bits per heavy atom. The van der Waals surface area contributed by atoms with Gasteiger partial charge >= 0.3 is 0 Å². The largest absolute Gasteiger partial charge is 0.309 e. The number of thioether (sulfide) groups is 2.